The first-order chi connectivity index (χ1) is 13.2. The number of aromatic carboxylic acids is 1. The largest absolute Gasteiger partial charge is 0.475 e. The van der Waals surface area contributed by atoms with Crippen LogP contribution in [0.25, 0.3) is 11.3 Å². The molecule has 28 heavy (non-hydrogen) atoms. The molecule has 1 heterocycles. The molecule has 3 rings (SSSR count). The summed E-state index contributed by atoms with van der Waals surface area (Å²) in [5, 5.41) is 19.6. The highest BCUT2D eigenvalue weighted by atomic mass is 79.9. The van der Waals surface area contributed by atoms with E-state index in [1.54, 1.807) is 6.07 Å². The molecule has 2 aromatic carbocycles. The van der Waals surface area contributed by atoms with Gasteiger partial charge in [0.2, 0.25) is 5.76 Å². The van der Waals surface area contributed by atoms with Gasteiger partial charge in [-0.15, -0.1) is 0 Å². The van der Waals surface area contributed by atoms with Crippen molar-refractivity contribution in [2.24, 2.45) is 0 Å². The van der Waals surface area contributed by atoms with Gasteiger partial charge in [0.05, 0.1) is 9.82 Å². The Labute approximate surface area is 166 Å². The van der Waals surface area contributed by atoms with E-state index in [1.807, 2.05) is 0 Å². The fourth-order valence-electron chi connectivity index (χ4n) is 2.34. The summed E-state index contributed by atoms with van der Waals surface area (Å²) < 4.78 is 33.0. The molecule has 0 saturated carbocycles. The van der Waals surface area contributed by atoms with E-state index < -0.39 is 20.9 Å². The van der Waals surface area contributed by atoms with Crippen LogP contribution in [0.1, 0.15) is 10.6 Å². The van der Waals surface area contributed by atoms with E-state index in [0.717, 1.165) is 24.3 Å². The van der Waals surface area contributed by atoms with Crippen molar-refractivity contribution in [3.8, 4) is 11.3 Å². The first-order valence-electron chi connectivity index (χ1n) is 7.58. The molecule has 0 unspecified atom stereocenters. The van der Waals surface area contributed by atoms with Crippen LogP contribution in [0.2, 0.25) is 0 Å². The molecule has 0 radical (unpaired) electrons. The van der Waals surface area contributed by atoms with E-state index in [4.69, 9.17) is 9.52 Å². The number of nitrogens with zero attached hydrogens (tertiary/aromatic N) is 1. The zero-order chi connectivity index (χ0) is 20.5. The Hall–Kier alpha value is -3.18. The highest BCUT2D eigenvalue weighted by Gasteiger charge is 2.18. The number of non-ortho nitro benzene ring substituents is 1. The topological polar surface area (TPSA) is 140 Å². The number of carboxylic acids is 1. The smallest absolute Gasteiger partial charge is 0.371 e. The van der Waals surface area contributed by atoms with Crippen LogP contribution in [0.4, 0.5) is 11.4 Å². The number of furan rings is 1. The number of nitrogens with one attached hydrogen (secondary N) is 1. The Morgan fingerprint density at radius 3 is 2.32 bits per heavy atom. The van der Waals surface area contributed by atoms with E-state index >= 15 is 0 Å². The molecule has 0 bridgehead atoms. The van der Waals surface area contributed by atoms with Gasteiger partial charge < -0.3 is 9.52 Å². The molecule has 1 aromatic heterocycles. The van der Waals surface area contributed by atoms with Crippen LogP contribution < -0.4 is 4.72 Å². The number of carbonyl (C=O) groups is 1. The van der Waals surface area contributed by atoms with Crippen molar-refractivity contribution in [2.75, 3.05) is 4.72 Å². The molecule has 0 aliphatic heterocycles. The summed E-state index contributed by atoms with van der Waals surface area (Å²) in [6, 6.07) is 11.8. The SMILES string of the molecule is O=C(O)c1ccc(-c2ccc(NS(=O)(=O)c3ccc([N+](=O)[O-])cc3)cc2Br)o1. The molecule has 11 heteroatoms. The maximum Gasteiger partial charge on any atom is 0.371 e. The van der Waals surface area contributed by atoms with Crippen molar-refractivity contribution in [3.63, 3.8) is 0 Å². The Bertz CT molecular complexity index is 1170. The van der Waals surface area contributed by atoms with Crippen molar-refractivity contribution in [2.45, 2.75) is 4.90 Å². The molecule has 0 saturated heterocycles. The molecule has 9 nitrogen and oxygen atoms in total. The minimum Gasteiger partial charge on any atom is -0.475 e. The van der Waals surface area contributed by atoms with Gasteiger partial charge in [-0.05, 0) is 58.4 Å². The summed E-state index contributed by atoms with van der Waals surface area (Å²) in [4.78, 5) is 20.8. The number of hydrogen-bond acceptors (Lipinski definition) is 6. The Morgan fingerprint density at radius 2 is 1.79 bits per heavy atom. The lowest BCUT2D eigenvalue weighted by Crippen LogP contribution is -2.12. The molecule has 0 fully saturated rings. The normalized spacial score (nSPS) is 11.2. The Kier molecular flexibility index (Phi) is 5.21. The number of sulfonamides is 1. The predicted octanol–water partition coefficient (Wildman–Crippen LogP) is 4.12. The highest BCUT2D eigenvalue weighted by molar-refractivity contribution is 9.10. The molecule has 3 aromatic rings. The summed E-state index contributed by atoms with van der Waals surface area (Å²) in [6.45, 7) is 0. The van der Waals surface area contributed by atoms with Crippen LogP contribution in [0.15, 0.2) is 68.4 Å². The number of rotatable bonds is 6. The molecule has 144 valence electrons. The van der Waals surface area contributed by atoms with Crippen LogP contribution in [0.3, 0.4) is 0 Å². The predicted molar refractivity (Wildman–Crippen MR) is 103 cm³/mol. The zero-order valence-corrected chi connectivity index (χ0v) is 16.2. The van der Waals surface area contributed by atoms with E-state index in [9.17, 15) is 23.3 Å². The fraction of sp³-hybridized carbons (Fsp3) is 0. The third kappa shape index (κ3) is 4.05. The minimum atomic E-state index is -3.95. The lowest BCUT2D eigenvalue weighted by molar-refractivity contribution is -0.384. The molecule has 0 spiro atoms. The van der Waals surface area contributed by atoms with E-state index in [0.29, 0.717) is 15.8 Å². The first-order valence-corrected chi connectivity index (χ1v) is 9.85. The summed E-state index contributed by atoms with van der Waals surface area (Å²) in [6.07, 6.45) is 0. The number of hydrogen-bond donors (Lipinski definition) is 2. The van der Waals surface area contributed by atoms with Gasteiger partial charge in [-0.25, -0.2) is 13.2 Å². The number of nitro groups is 1. The van der Waals surface area contributed by atoms with Gasteiger partial charge >= 0.3 is 5.97 Å². The number of halogens is 1. The molecular weight excluding hydrogens is 456 g/mol. The lowest BCUT2D eigenvalue weighted by Gasteiger charge is -2.10. The van der Waals surface area contributed by atoms with Gasteiger partial charge in [0.15, 0.2) is 0 Å². The average Bonchev–Trinajstić information content (AvgIpc) is 3.11. The molecular formula is C17H11BrN2O7S. The number of benzene rings is 2. The second kappa shape index (κ2) is 7.44. The lowest BCUT2D eigenvalue weighted by atomic mass is 10.1. The second-order valence-electron chi connectivity index (χ2n) is 5.52. The Balaban J connectivity index is 1.85. The van der Waals surface area contributed by atoms with Crippen molar-refractivity contribution in [1.82, 2.24) is 0 Å². The van der Waals surface area contributed by atoms with E-state index in [-0.39, 0.29) is 22.0 Å². The van der Waals surface area contributed by atoms with Gasteiger partial charge in [0, 0.05) is 27.9 Å². The number of anilines is 1. The van der Waals surface area contributed by atoms with E-state index in [2.05, 4.69) is 20.7 Å². The van der Waals surface area contributed by atoms with Gasteiger partial charge in [-0.3, -0.25) is 14.8 Å². The van der Waals surface area contributed by atoms with Gasteiger partial charge in [-0.2, -0.15) is 0 Å². The van der Waals surface area contributed by atoms with Gasteiger partial charge in [0.25, 0.3) is 15.7 Å². The average molecular weight is 467 g/mol. The van der Waals surface area contributed by atoms with Crippen LogP contribution in [0.5, 0.6) is 0 Å². The van der Waals surface area contributed by atoms with Crippen molar-refractivity contribution in [1.29, 1.82) is 0 Å². The highest BCUT2D eigenvalue weighted by Crippen LogP contribution is 2.32. The zero-order valence-electron chi connectivity index (χ0n) is 13.8. The first kappa shape index (κ1) is 19.6. The second-order valence-corrected chi connectivity index (χ2v) is 8.06. The van der Waals surface area contributed by atoms with Crippen LogP contribution >= 0.6 is 15.9 Å². The van der Waals surface area contributed by atoms with Crippen molar-refractivity contribution in [3.05, 3.63) is 74.9 Å². The Morgan fingerprint density at radius 1 is 1.11 bits per heavy atom. The maximum absolute atomic E-state index is 12.4. The summed E-state index contributed by atoms with van der Waals surface area (Å²) in [5.74, 6) is -1.12. The molecule has 0 aliphatic rings. The van der Waals surface area contributed by atoms with Gasteiger partial charge in [-0.1, -0.05) is 0 Å². The third-order valence-corrected chi connectivity index (χ3v) is 5.71. The van der Waals surface area contributed by atoms with E-state index in [1.165, 1.54) is 24.3 Å². The van der Waals surface area contributed by atoms with Crippen LogP contribution in [-0.2, 0) is 10.0 Å². The minimum absolute atomic E-state index is 0.129. The van der Waals surface area contributed by atoms with Crippen molar-refractivity contribution >= 4 is 43.3 Å². The third-order valence-electron chi connectivity index (χ3n) is 3.66. The summed E-state index contributed by atoms with van der Waals surface area (Å²) in [5.41, 5.74) is 0.551. The van der Waals surface area contributed by atoms with Crippen LogP contribution in [0, 0.1) is 10.1 Å². The summed E-state index contributed by atoms with van der Waals surface area (Å²) in [7, 11) is -3.95. The fourth-order valence-corrected chi connectivity index (χ4v) is 3.96. The molecule has 0 aliphatic carbocycles. The molecule has 0 amide bonds. The quantitative estimate of drug-likeness (QED) is 0.411. The monoisotopic (exact) mass is 466 g/mol. The maximum atomic E-state index is 12.4. The number of nitro benzene ring substituents is 1. The molecule has 2 N–H and O–H groups in total. The van der Waals surface area contributed by atoms with Crippen molar-refractivity contribution < 1.29 is 27.7 Å². The molecule has 0 atom stereocenters. The standard InChI is InChI=1S/C17H11BrN2O7S/c18-14-9-10(1-6-13(14)15-7-8-16(27-15)17(21)22)19-28(25,26)12-4-2-11(3-5-12)20(23)24/h1-9,19H,(H,21,22). The van der Waals surface area contributed by atoms with Gasteiger partial charge in [0.1, 0.15) is 5.76 Å². The number of carboxylic acid groups (broad SMARTS) is 1. The van der Waals surface area contributed by atoms with Crippen LogP contribution in [-0.4, -0.2) is 24.4 Å². The summed E-state index contributed by atoms with van der Waals surface area (Å²) >= 11 is 3.30.